The number of anilines is 1. The number of nitrogens with zero attached hydrogens (tertiary/aromatic N) is 1. The summed E-state index contributed by atoms with van der Waals surface area (Å²) in [5.41, 5.74) is 1.41. The van der Waals surface area contributed by atoms with E-state index in [1.165, 1.54) is 12.2 Å². The topological polar surface area (TPSA) is 34.1 Å². The van der Waals surface area contributed by atoms with Crippen molar-refractivity contribution in [3.8, 4) is 5.88 Å². The van der Waals surface area contributed by atoms with Crippen LogP contribution in [-0.2, 0) is 0 Å². The summed E-state index contributed by atoms with van der Waals surface area (Å²) < 4.78 is 5.26. The molecule has 0 spiro atoms. The first-order valence-electron chi connectivity index (χ1n) is 5.94. The van der Waals surface area contributed by atoms with Crippen molar-refractivity contribution in [1.82, 2.24) is 4.98 Å². The SMILES string of the molecule is COc1ncccc1NC1CSCC(C)(C)C1. The number of aromatic nitrogens is 1. The number of hydrogen-bond acceptors (Lipinski definition) is 4. The lowest BCUT2D eigenvalue weighted by atomic mass is 9.88. The van der Waals surface area contributed by atoms with Gasteiger partial charge in [0.2, 0.25) is 5.88 Å². The summed E-state index contributed by atoms with van der Waals surface area (Å²) in [6.45, 7) is 4.66. The molecule has 0 saturated carbocycles. The van der Waals surface area contributed by atoms with Gasteiger partial charge in [0, 0.05) is 18.0 Å². The fourth-order valence-corrected chi connectivity index (χ4v) is 3.51. The average molecular weight is 252 g/mol. The molecule has 1 fully saturated rings. The summed E-state index contributed by atoms with van der Waals surface area (Å²) in [7, 11) is 1.66. The Hall–Kier alpha value is -0.900. The molecule has 1 aromatic rings. The second-order valence-electron chi connectivity index (χ2n) is 5.28. The Balaban J connectivity index is 2.05. The standard InChI is InChI=1S/C13H20N2OS/c1-13(2)7-10(8-17-9-13)15-11-5-4-6-14-12(11)16-3/h4-6,10,15H,7-9H2,1-3H3. The maximum absolute atomic E-state index is 5.26. The summed E-state index contributed by atoms with van der Waals surface area (Å²) in [5.74, 6) is 3.08. The fourth-order valence-electron chi connectivity index (χ4n) is 2.24. The fraction of sp³-hybridized carbons (Fsp3) is 0.615. The molecule has 1 saturated heterocycles. The van der Waals surface area contributed by atoms with Gasteiger partial charge in [-0.15, -0.1) is 0 Å². The van der Waals surface area contributed by atoms with Crippen LogP contribution in [-0.4, -0.2) is 29.6 Å². The minimum absolute atomic E-state index is 0.413. The predicted molar refractivity (Wildman–Crippen MR) is 73.9 cm³/mol. The zero-order valence-electron chi connectivity index (χ0n) is 10.7. The van der Waals surface area contributed by atoms with Crippen LogP contribution in [0.3, 0.4) is 0 Å². The highest BCUT2D eigenvalue weighted by molar-refractivity contribution is 7.99. The summed E-state index contributed by atoms with van der Waals surface area (Å²) >= 11 is 2.02. The van der Waals surface area contributed by atoms with Crippen molar-refractivity contribution in [1.29, 1.82) is 0 Å². The number of methoxy groups -OCH3 is 1. The molecular formula is C13H20N2OS. The van der Waals surface area contributed by atoms with Crippen molar-refractivity contribution in [3.05, 3.63) is 18.3 Å². The summed E-state index contributed by atoms with van der Waals surface area (Å²) in [4.78, 5) is 4.21. The van der Waals surface area contributed by atoms with Gasteiger partial charge >= 0.3 is 0 Å². The number of thioether (sulfide) groups is 1. The monoisotopic (exact) mass is 252 g/mol. The minimum Gasteiger partial charge on any atom is -0.480 e. The molecule has 0 radical (unpaired) electrons. The van der Waals surface area contributed by atoms with E-state index < -0.39 is 0 Å². The molecule has 0 bridgehead atoms. The molecule has 3 nitrogen and oxygen atoms in total. The molecule has 1 N–H and O–H groups in total. The summed E-state index contributed by atoms with van der Waals surface area (Å²) in [6.07, 6.45) is 2.95. The van der Waals surface area contributed by atoms with Crippen LogP contribution in [0.2, 0.25) is 0 Å². The van der Waals surface area contributed by atoms with Crippen LogP contribution in [0.15, 0.2) is 18.3 Å². The van der Waals surface area contributed by atoms with Crippen molar-refractivity contribution in [2.75, 3.05) is 23.9 Å². The molecule has 2 heterocycles. The van der Waals surface area contributed by atoms with Gasteiger partial charge in [-0.05, 0) is 29.7 Å². The van der Waals surface area contributed by atoms with Crippen LogP contribution in [0, 0.1) is 5.41 Å². The Kier molecular flexibility index (Phi) is 3.82. The molecular weight excluding hydrogens is 232 g/mol. The first-order chi connectivity index (χ1) is 8.11. The predicted octanol–water partition coefficient (Wildman–Crippen LogP) is 3.03. The number of hydrogen-bond donors (Lipinski definition) is 1. The third-order valence-corrected chi connectivity index (χ3v) is 4.56. The molecule has 0 aromatic carbocycles. The van der Waals surface area contributed by atoms with Gasteiger partial charge in [-0.25, -0.2) is 4.98 Å². The lowest BCUT2D eigenvalue weighted by Gasteiger charge is -2.35. The van der Waals surface area contributed by atoms with Gasteiger partial charge < -0.3 is 10.1 Å². The van der Waals surface area contributed by atoms with Gasteiger partial charge in [0.15, 0.2) is 0 Å². The lowest BCUT2D eigenvalue weighted by Crippen LogP contribution is -2.35. The largest absolute Gasteiger partial charge is 0.480 e. The molecule has 1 aromatic heterocycles. The van der Waals surface area contributed by atoms with Gasteiger partial charge in [0.05, 0.1) is 12.8 Å². The molecule has 0 aliphatic carbocycles. The average Bonchev–Trinajstić information content (AvgIpc) is 2.28. The van der Waals surface area contributed by atoms with Crippen LogP contribution in [0.4, 0.5) is 5.69 Å². The number of rotatable bonds is 3. The summed E-state index contributed by atoms with van der Waals surface area (Å²) in [5, 5.41) is 3.55. The Labute approximate surface area is 107 Å². The maximum Gasteiger partial charge on any atom is 0.237 e. The van der Waals surface area contributed by atoms with Crippen LogP contribution in [0.1, 0.15) is 20.3 Å². The van der Waals surface area contributed by atoms with Crippen LogP contribution in [0.25, 0.3) is 0 Å². The third kappa shape index (κ3) is 3.28. The van der Waals surface area contributed by atoms with Gasteiger partial charge in [0.1, 0.15) is 0 Å². The third-order valence-electron chi connectivity index (χ3n) is 2.93. The molecule has 1 aliphatic rings. The van der Waals surface area contributed by atoms with Crippen LogP contribution < -0.4 is 10.1 Å². The molecule has 1 atom stereocenters. The minimum atomic E-state index is 0.413. The first-order valence-corrected chi connectivity index (χ1v) is 7.09. The molecule has 17 heavy (non-hydrogen) atoms. The zero-order valence-corrected chi connectivity index (χ0v) is 11.5. The second-order valence-corrected chi connectivity index (χ2v) is 6.32. The molecule has 1 aliphatic heterocycles. The molecule has 4 heteroatoms. The smallest absolute Gasteiger partial charge is 0.237 e. The van der Waals surface area contributed by atoms with Crippen molar-refractivity contribution < 1.29 is 4.74 Å². The van der Waals surface area contributed by atoms with E-state index in [1.54, 1.807) is 13.3 Å². The van der Waals surface area contributed by atoms with E-state index in [1.807, 2.05) is 23.9 Å². The van der Waals surface area contributed by atoms with Crippen LogP contribution in [0.5, 0.6) is 5.88 Å². The molecule has 94 valence electrons. The van der Waals surface area contributed by atoms with E-state index in [0.29, 0.717) is 17.3 Å². The normalized spacial score (nSPS) is 23.1. The van der Waals surface area contributed by atoms with Crippen molar-refractivity contribution >= 4 is 17.4 Å². The first kappa shape index (κ1) is 12.6. The van der Waals surface area contributed by atoms with Crippen molar-refractivity contribution in [2.24, 2.45) is 5.41 Å². The second kappa shape index (κ2) is 5.17. The molecule has 1 unspecified atom stereocenters. The highest BCUT2D eigenvalue weighted by Crippen LogP contribution is 2.35. The highest BCUT2D eigenvalue weighted by atomic mass is 32.2. The van der Waals surface area contributed by atoms with E-state index in [4.69, 9.17) is 4.74 Å². The van der Waals surface area contributed by atoms with E-state index in [2.05, 4.69) is 24.1 Å². The van der Waals surface area contributed by atoms with Crippen molar-refractivity contribution in [2.45, 2.75) is 26.3 Å². The molecule has 2 rings (SSSR count). The number of nitrogens with one attached hydrogen (secondary N) is 1. The summed E-state index contributed by atoms with van der Waals surface area (Å²) in [6, 6.07) is 4.46. The van der Waals surface area contributed by atoms with E-state index in [0.717, 1.165) is 11.4 Å². The quantitative estimate of drug-likeness (QED) is 0.896. The van der Waals surface area contributed by atoms with Crippen molar-refractivity contribution in [3.63, 3.8) is 0 Å². The number of pyridine rings is 1. The highest BCUT2D eigenvalue weighted by Gasteiger charge is 2.28. The van der Waals surface area contributed by atoms with E-state index >= 15 is 0 Å². The Morgan fingerprint density at radius 3 is 3.06 bits per heavy atom. The Bertz CT molecular complexity index is 381. The van der Waals surface area contributed by atoms with E-state index in [-0.39, 0.29) is 0 Å². The zero-order chi connectivity index (χ0) is 12.3. The Morgan fingerprint density at radius 1 is 1.53 bits per heavy atom. The lowest BCUT2D eigenvalue weighted by molar-refractivity contribution is 0.356. The van der Waals surface area contributed by atoms with Crippen LogP contribution >= 0.6 is 11.8 Å². The van der Waals surface area contributed by atoms with E-state index in [9.17, 15) is 0 Å². The van der Waals surface area contributed by atoms with Gasteiger partial charge in [-0.1, -0.05) is 13.8 Å². The Morgan fingerprint density at radius 2 is 2.35 bits per heavy atom. The number of ether oxygens (including phenoxy) is 1. The maximum atomic E-state index is 5.26. The van der Waals surface area contributed by atoms with Gasteiger partial charge in [-0.2, -0.15) is 11.8 Å². The molecule has 0 amide bonds. The van der Waals surface area contributed by atoms with Gasteiger partial charge in [-0.3, -0.25) is 0 Å². The van der Waals surface area contributed by atoms with Gasteiger partial charge in [0.25, 0.3) is 0 Å².